The largest absolute Gasteiger partial charge is 0.312 e. The van der Waals surface area contributed by atoms with Crippen LogP contribution in [0.5, 0.6) is 0 Å². The van der Waals surface area contributed by atoms with Crippen LogP contribution in [0, 0.1) is 0 Å². The van der Waals surface area contributed by atoms with Crippen molar-refractivity contribution < 1.29 is 0 Å². The van der Waals surface area contributed by atoms with Crippen LogP contribution < -0.4 is 5.32 Å². The van der Waals surface area contributed by atoms with Crippen LogP contribution in [0.2, 0.25) is 0 Å². The summed E-state index contributed by atoms with van der Waals surface area (Å²) in [6.07, 6.45) is 9.23. The van der Waals surface area contributed by atoms with Crippen LogP contribution in [0.25, 0.3) is 0 Å². The lowest BCUT2D eigenvalue weighted by Gasteiger charge is -2.15. The highest BCUT2D eigenvalue weighted by atomic mass is 15.3. The van der Waals surface area contributed by atoms with Gasteiger partial charge in [0.15, 0.2) is 0 Å². The molecule has 0 aliphatic carbocycles. The first-order valence-electron chi connectivity index (χ1n) is 5.68. The van der Waals surface area contributed by atoms with Gasteiger partial charge < -0.3 is 5.32 Å². The van der Waals surface area contributed by atoms with Crippen LogP contribution in [-0.4, -0.2) is 22.4 Å². The molecule has 1 unspecified atom stereocenters. The second-order valence-electron chi connectivity index (χ2n) is 3.69. The van der Waals surface area contributed by atoms with Crippen molar-refractivity contribution in [2.45, 2.75) is 38.8 Å². The average molecular weight is 207 g/mol. The summed E-state index contributed by atoms with van der Waals surface area (Å²) in [7, 11) is 0. The molecule has 0 fully saturated rings. The van der Waals surface area contributed by atoms with E-state index >= 15 is 0 Å². The normalized spacial score (nSPS) is 12.6. The lowest BCUT2D eigenvalue weighted by Crippen LogP contribution is -2.31. The number of allylic oxidation sites excluding steroid dienone is 1. The average Bonchev–Trinajstić information content (AvgIpc) is 2.76. The summed E-state index contributed by atoms with van der Waals surface area (Å²) in [4.78, 5) is 0. The van der Waals surface area contributed by atoms with Crippen LogP contribution in [-0.2, 0) is 6.54 Å². The van der Waals surface area contributed by atoms with Gasteiger partial charge >= 0.3 is 0 Å². The van der Waals surface area contributed by atoms with Crippen LogP contribution in [0.3, 0.4) is 0 Å². The number of hydrogen-bond donors (Lipinski definition) is 1. The van der Waals surface area contributed by atoms with Gasteiger partial charge in [-0.3, -0.25) is 4.68 Å². The summed E-state index contributed by atoms with van der Waals surface area (Å²) in [6, 6.07) is 2.56. The summed E-state index contributed by atoms with van der Waals surface area (Å²) >= 11 is 0. The molecule has 0 spiro atoms. The predicted molar refractivity (Wildman–Crippen MR) is 63.7 cm³/mol. The maximum atomic E-state index is 4.16. The minimum atomic E-state index is 0.610. The Hall–Kier alpha value is -1.09. The minimum absolute atomic E-state index is 0.610. The van der Waals surface area contributed by atoms with Crippen molar-refractivity contribution in [2.75, 3.05) is 6.54 Å². The molecule has 3 heteroatoms. The minimum Gasteiger partial charge on any atom is -0.312 e. The molecule has 0 aromatic carbocycles. The van der Waals surface area contributed by atoms with Gasteiger partial charge in [-0.1, -0.05) is 13.0 Å². The number of nitrogens with zero attached hydrogens (tertiary/aromatic N) is 2. The number of aromatic nitrogens is 2. The fraction of sp³-hybridized carbons (Fsp3) is 0.583. The van der Waals surface area contributed by atoms with E-state index in [1.807, 2.05) is 29.2 Å². The second-order valence-corrected chi connectivity index (χ2v) is 3.69. The summed E-state index contributed by atoms with van der Waals surface area (Å²) in [5.41, 5.74) is 0. The van der Waals surface area contributed by atoms with Gasteiger partial charge in [0.1, 0.15) is 0 Å². The van der Waals surface area contributed by atoms with E-state index < -0.39 is 0 Å². The summed E-state index contributed by atoms with van der Waals surface area (Å²) in [5, 5.41) is 7.70. The molecular weight excluding hydrogens is 186 g/mol. The summed E-state index contributed by atoms with van der Waals surface area (Å²) in [6.45, 7) is 7.89. The monoisotopic (exact) mass is 207 g/mol. The van der Waals surface area contributed by atoms with Gasteiger partial charge in [0, 0.05) is 25.0 Å². The van der Waals surface area contributed by atoms with Gasteiger partial charge in [-0.2, -0.15) is 5.10 Å². The van der Waals surface area contributed by atoms with E-state index in [2.05, 4.69) is 23.9 Å². The van der Waals surface area contributed by atoms with Gasteiger partial charge in [0.05, 0.1) is 6.54 Å². The molecule has 84 valence electrons. The molecule has 3 nitrogen and oxygen atoms in total. The standard InChI is InChI=1S/C12H21N3/c1-3-5-7-12(4-2)13-9-11-15-10-6-8-14-15/h3,6,8,10,12-13H,1,4-5,7,9,11H2,2H3. The molecule has 15 heavy (non-hydrogen) atoms. The van der Waals surface area contributed by atoms with E-state index in [0.29, 0.717) is 6.04 Å². The van der Waals surface area contributed by atoms with Crippen LogP contribution in [0.4, 0.5) is 0 Å². The fourth-order valence-electron chi connectivity index (χ4n) is 1.59. The highest BCUT2D eigenvalue weighted by molar-refractivity contribution is 4.78. The smallest absolute Gasteiger partial charge is 0.0534 e. The first kappa shape index (κ1) is 12.0. The van der Waals surface area contributed by atoms with Crippen molar-refractivity contribution in [1.82, 2.24) is 15.1 Å². The third kappa shape index (κ3) is 4.79. The molecule has 0 amide bonds. The van der Waals surface area contributed by atoms with Crippen molar-refractivity contribution in [2.24, 2.45) is 0 Å². The van der Waals surface area contributed by atoms with E-state index in [0.717, 1.165) is 19.5 Å². The third-order valence-corrected chi connectivity index (χ3v) is 2.55. The lowest BCUT2D eigenvalue weighted by atomic mass is 10.1. The van der Waals surface area contributed by atoms with Gasteiger partial charge in [0.25, 0.3) is 0 Å². The van der Waals surface area contributed by atoms with E-state index in [-0.39, 0.29) is 0 Å². The first-order valence-corrected chi connectivity index (χ1v) is 5.68. The zero-order valence-electron chi connectivity index (χ0n) is 9.52. The van der Waals surface area contributed by atoms with Crippen molar-refractivity contribution in [3.63, 3.8) is 0 Å². The highest BCUT2D eigenvalue weighted by Crippen LogP contribution is 2.01. The predicted octanol–water partition coefficient (Wildman–Crippen LogP) is 2.22. The van der Waals surface area contributed by atoms with Gasteiger partial charge in [0.2, 0.25) is 0 Å². The topological polar surface area (TPSA) is 29.9 Å². The van der Waals surface area contributed by atoms with Gasteiger partial charge in [-0.25, -0.2) is 0 Å². The molecule has 0 aliphatic heterocycles. The molecule has 1 rings (SSSR count). The Balaban J connectivity index is 2.14. The Morgan fingerprint density at radius 2 is 2.47 bits per heavy atom. The number of nitrogens with one attached hydrogen (secondary N) is 1. The molecule has 1 aromatic rings. The maximum absolute atomic E-state index is 4.16. The fourth-order valence-corrected chi connectivity index (χ4v) is 1.59. The van der Waals surface area contributed by atoms with Crippen molar-refractivity contribution in [3.05, 3.63) is 31.1 Å². The zero-order valence-corrected chi connectivity index (χ0v) is 9.52. The van der Waals surface area contributed by atoms with Crippen LogP contribution in [0.1, 0.15) is 26.2 Å². The van der Waals surface area contributed by atoms with Gasteiger partial charge in [-0.05, 0) is 25.3 Å². The van der Waals surface area contributed by atoms with Crippen LogP contribution >= 0.6 is 0 Å². The molecule has 0 radical (unpaired) electrons. The third-order valence-electron chi connectivity index (χ3n) is 2.55. The maximum Gasteiger partial charge on any atom is 0.0534 e. The summed E-state index contributed by atoms with van der Waals surface area (Å²) in [5.74, 6) is 0. The number of rotatable bonds is 8. The Labute approximate surface area is 92.2 Å². The van der Waals surface area contributed by atoms with E-state index in [9.17, 15) is 0 Å². The Morgan fingerprint density at radius 3 is 3.07 bits per heavy atom. The molecule has 1 aromatic heterocycles. The SMILES string of the molecule is C=CCCC(CC)NCCn1cccn1. The number of hydrogen-bond acceptors (Lipinski definition) is 2. The second kappa shape index (κ2) is 7.23. The molecule has 0 aliphatic rings. The molecule has 0 saturated heterocycles. The van der Waals surface area contributed by atoms with E-state index in [4.69, 9.17) is 0 Å². The van der Waals surface area contributed by atoms with Gasteiger partial charge in [-0.15, -0.1) is 6.58 Å². The first-order chi connectivity index (χ1) is 7.36. The summed E-state index contributed by atoms with van der Waals surface area (Å²) < 4.78 is 1.95. The van der Waals surface area contributed by atoms with Crippen molar-refractivity contribution in [1.29, 1.82) is 0 Å². The molecular formula is C12H21N3. The Morgan fingerprint density at radius 1 is 1.60 bits per heavy atom. The molecule has 1 heterocycles. The highest BCUT2D eigenvalue weighted by Gasteiger charge is 2.03. The van der Waals surface area contributed by atoms with E-state index in [1.165, 1.54) is 12.8 Å². The van der Waals surface area contributed by atoms with Crippen LogP contribution in [0.15, 0.2) is 31.1 Å². The Kier molecular flexibility index (Phi) is 5.78. The Bertz CT molecular complexity index is 254. The quantitative estimate of drug-likeness (QED) is 0.662. The van der Waals surface area contributed by atoms with Crippen molar-refractivity contribution >= 4 is 0 Å². The molecule has 0 bridgehead atoms. The molecule has 1 N–H and O–H groups in total. The molecule has 0 saturated carbocycles. The lowest BCUT2D eigenvalue weighted by molar-refractivity contribution is 0.445. The molecule has 1 atom stereocenters. The van der Waals surface area contributed by atoms with E-state index in [1.54, 1.807) is 0 Å². The zero-order chi connectivity index (χ0) is 10.9. The van der Waals surface area contributed by atoms with Crippen molar-refractivity contribution in [3.8, 4) is 0 Å².